The summed E-state index contributed by atoms with van der Waals surface area (Å²) in [5, 5.41) is 6.73. The molecule has 1 aromatic heterocycles. The lowest BCUT2D eigenvalue weighted by molar-refractivity contribution is -0.149. The summed E-state index contributed by atoms with van der Waals surface area (Å²) in [4.78, 5) is 20.7. The van der Waals surface area contributed by atoms with E-state index in [1.165, 1.54) is 5.56 Å². The maximum atomic E-state index is 11.9. The molecule has 156 valence electrons. The Morgan fingerprint density at radius 1 is 1.24 bits per heavy atom. The van der Waals surface area contributed by atoms with Crippen LogP contribution in [0.3, 0.4) is 0 Å². The van der Waals surface area contributed by atoms with Crippen molar-refractivity contribution in [3.05, 3.63) is 41.8 Å². The minimum Gasteiger partial charge on any atom is -0.466 e. The van der Waals surface area contributed by atoms with Gasteiger partial charge in [0, 0.05) is 18.7 Å². The first kappa shape index (κ1) is 20.9. The summed E-state index contributed by atoms with van der Waals surface area (Å²) >= 11 is 0. The minimum atomic E-state index is -0.0659. The van der Waals surface area contributed by atoms with Crippen molar-refractivity contribution in [2.24, 2.45) is 10.9 Å². The SMILES string of the molecule is CCOC(=O)C1CCC(NC(=NC)NCc2coc(-c3ccc(C)cc3)n2)CC1. The van der Waals surface area contributed by atoms with Gasteiger partial charge in [0.05, 0.1) is 24.8 Å². The number of carbonyl (C=O) groups excluding carboxylic acids is 1. The van der Waals surface area contributed by atoms with Crippen molar-refractivity contribution < 1.29 is 13.9 Å². The van der Waals surface area contributed by atoms with Gasteiger partial charge in [-0.05, 0) is 51.7 Å². The first-order chi connectivity index (χ1) is 14.1. The fourth-order valence-corrected chi connectivity index (χ4v) is 3.51. The van der Waals surface area contributed by atoms with E-state index in [2.05, 4.69) is 27.5 Å². The van der Waals surface area contributed by atoms with E-state index in [0.717, 1.165) is 42.9 Å². The van der Waals surface area contributed by atoms with E-state index >= 15 is 0 Å². The van der Waals surface area contributed by atoms with E-state index in [1.807, 2.05) is 31.2 Å². The van der Waals surface area contributed by atoms with Gasteiger partial charge in [0.25, 0.3) is 0 Å². The number of nitrogens with zero attached hydrogens (tertiary/aromatic N) is 2. The molecule has 0 bridgehead atoms. The quantitative estimate of drug-likeness (QED) is 0.440. The number of hydrogen-bond acceptors (Lipinski definition) is 5. The lowest BCUT2D eigenvalue weighted by Gasteiger charge is -2.29. The van der Waals surface area contributed by atoms with Gasteiger partial charge >= 0.3 is 5.97 Å². The predicted molar refractivity (Wildman–Crippen MR) is 112 cm³/mol. The lowest BCUT2D eigenvalue weighted by atomic mass is 9.86. The van der Waals surface area contributed by atoms with E-state index in [0.29, 0.717) is 25.1 Å². The van der Waals surface area contributed by atoms with Crippen molar-refractivity contribution >= 4 is 11.9 Å². The zero-order valence-corrected chi connectivity index (χ0v) is 17.4. The molecule has 3 rings (SSSR count). The van der Waals surface area contributed by atoms with E-state index in [4.69, 9.17) is 9.15 Å². The molecule has 0 amide bonds. The molecule has 1 fully saturated rings. The van der Waals surface area contributed by atoms with Gasteiger partial charge in [0.2, 0.25) is 5.89 Å². The number of benzene rings is 1. The molecular weight excluding hydrogens is 368 g/mol. The molecule has 29 heavy (non-hydrogen) atoms. The van der Waals surface area contributed by atoms with Gasteiger partial charge in [-0.25, -0.2) is 4.98 Å². The van der Waals surface area contributed by atoms with Crippen molar-refractivity contribution in [3.8, 4) is 11.5 Å². The Balaban J connectivity index is 1.47. The maximum absolute atomic E-state index is 11.9. The summed E-state index contributed by atoms with van der Waals surface area (Å²) in [5.74, 6) is 1.30. The number of ether oxygens (including phenoxy) is 1. The molecule has 7 nitrogen and oxygen atoms in total. The van der Waals surface area contributed by atoms with Crippen molar-refractivity contribution in [1.82, 2.24) is 15.6 Å². The van der Waals surface area contributed by atoms with Gasteiger partial charge < -0.3 is 19.8 Å². The van der Waals surface area contributed by atoms with Crippen LogP contribution in [0.15, 0.2) is 39.9 Å². The monoisotopic (exact) mass is 398 g/mol. The van der Waals surface area contributed by atoms with Gasteiger partial charge in [0.15, 0.2) is 5.96 Å². The van der Waals surface area contributed by atoms with Crippen LogP contribution in [0.4, 0.5) is 0 Å². The molecule has 1 aliphatic carbocycles. The van der Waals surface area contributed by atoms with Crippen LogP contribution in [-0.4, -0.2) is 36.6 Å². The second-order valence-corrected chi connectivity index (χ2v) is 7.38. The van der Waals surface area contributed by atoms with Crippen LogP contribution in [0.25, 0.3) is 11.5 Å². The van der Waals surface area contributed by atoms with Gasteiger partial charge in [-0.2, -0.15) is 0 Å². The minimum absolute atomic E-state index is 0.0262. The van der Waals surface area contributed by atoms with Gasteiger partial charge in [-0.3, -0.25) is 9.79 Å². The number of aliphatic imine (C=N–C) groups is 1. The average molecular weight is 399 g/mol. The highest BCUT2D eigenvalue weighted by Gasteiger charge is 2.27. The van der Waals surface area contributed by atoms with Crippen molar-refractivity contribution in [2.45, 2.75) is 52.1 Å². The molecule has 1 saturated carbocycles. The van der Waals surface area contributed by atoms with Crippen molar-refractivity contribution in [2.75, 3.05) is 13.7 Å². The zero-order valence-electron chi connectivity index (χ0n) is 17.4. The summed E-state index contributed by atoms with van der Waals surface area (Å²) in [6.45, 7) is 4.87. The summed E-state index contributed by atoms with van der Waals surface area (Å²) in [7, 11) is 1.75. The van der Waals surface area contributed by atoms with Crippen LogP contribution in [0, 0.1) is 12.8 Å². The van der Waals surface area contributed by atoms with Crippen LogP contribution < -0.4 is 10.6 Å². The number of esters is 1. The Morgan fingerprint density at radius 2 is 1.97 bits per heavy atom. The van der Waals surface area contributed by atoms with Gasteiger partial charge in [-0.1, -0.05) is 17.7 Å². The summed E-state index contributed by atoms with van der Waals surface area (Å²) in [6.07, 6.45) is 5.20. The fourth-order valence-electron chi connectivity index (χ4n) is 3.51. The summed E-state index contributed by atoms with van der Waals surface area (Å²) in [6, 6.07) is 8.39. The largest absolute Gasteiger partial charge is 0.466 e. The molecule has 2 N–H and O–H groups in total. The normalized spacial score (nSPS) is 19.6. The van der Waals surface area contributed by atoms with Crippen LogP contribution in [0.1, 0.15) is 43.9 Å². The topological polar surface area (TPSA) is 88.8 Å². The second kappa shape index (κ2) is 10.1. The number of aromatic nitrogens is 1. The Morgan fingerprint density at radius 3 is 2.62 bits per heavy atom. The molecule has 7 heteroatoms. The number of guanidine groups is 1. The maximum Gasteiger partial charge on any atom is 0.308 e. The molecule has 0 atom stereocenters. The Labute approximate surface area is 172 Å². The molecule has 1 aliphatic rings. The molecule has 1 heterocycles. The number of carbonyl (C=O) groups is 1. The third-order valence-corrected chi connectivity index (χ3v) is 5.20. The lowest BCUT2D eigenvalue weighted by Crippen LogP contribution is -2.45. The molecule has 2 aromatic rings. The van der Waals surface area contributed by atoms with Gasteiger partial charge in [-0.15, -0.1) is 0 Å². The highest BCUT2D eigenvalue weighted by molar-refractivity contribution is 5.80. The molecule has 0 spiro atoms. The van der Waals surface area contributed by atoms with E-state index in [9.17, 15) is 4.79 Å². The van der Waals surface area contributed by atoms with Gasteiger partial charge in [0.1, 0.15) is 6.26 Å². The third-order valence-electron chi connectivity index (χ3n) is 5.20. The summed E-state index contributed by atoms with van der Waals surface area (Å²) in [5.41, 5.74) is 2.98. The number of rotatable bonds is 6. The fraction of sp³-hybridized carbons (Fsp3) is 0.500. The summed E-state index contributed by atoms with van der Waals surface area (Å²) < 4.78 is 10.7. The Hall–Kier alpha value is -2.83. The number of oxazole rings is 1. The van der Waals surface area contributed by atoms with Crippen LogP contribution in [0.2, 0.25) is 0 Å². The van der Waals surface area contributed by atoms with E-state index in [1.54, 1.807) is 13.3 Å². The average Bonchev–Trinajstić information content (AvgIpc) is 3.21. The standard InChI is InChI=1S/C22H30N4O3/c1-4-28-21(27)17-9-11-18(12-10-17)26-22(23-3)24-13-19-14-29-20(25-19)16-7-5-15(2)6-8-16/h5-8,14,17-18H,4,9-13H2,1-3H3,(H2,23,24,26). The van der Waals surface area contributed by atoms with E-state index in [-0.39, 0.29) is 11.9 Å². The van der Waals surface area contributed by atoms with Crippen molar-refractivity contribution in [3.63, 3.8) is 0 Å². The third kappa shape index (κ3) is 5.82. The highest BCUT2D eigenvalue weighted by Crippen LogP contribution is 2.25. The first-order valence-electron chi connectivity index (χ1n) is 10.2. The van der Waals surface area contributed by atoms with E-state index < -0.39 is 0 Å². The second-order valence-electron chi connectivity index (χ2n) is 7.38. The number of nitrogens with one attached hydrogen (secondary N) is 2. The number of hydrogen-bond donors (Lipinski definition) is 2. The molecule has 1 aromatic carbocycles. The van der Waals surface area contributed by atoms with Crippen LogP contribution >= 0.6 is 0 Å². The first-order valence-corrected chi connectivity index (χ1v) is 10.2. The molecule has 0 radical (unpaired) electrons. The predicted octanol–water partition coefficient (Wildman–Crippen LogP) is 3.44. The Bertz CT molecular complexity index is 821. The smallest absolute Gasteiger partial charge is 0.308 e. The molecule has 0 unspecified atom stereocenters. The highest BCUT2D eigenvalue weighted by atomic mass is 16.5. The van der Waals surface area contributed by atoms with Crippen LogP contribution in [-0.2, 0) is 16.1 Å². The molecule has 0 aliphatic heterocycles. The van der Waals surface area contributed by atoms with Crippen LogP contribution in [0.5, 0.6) is 0 Å². The van der Waals surface area contributed by atoms with Crippen molar-refractivity contribution in [1.29, 1.82) is 0 Å². The Kier molecular flexibility index (Phi) is 7.27. The zero-order chi connectivity index (χ0) is 20.6. The molecule has 0 saturated heterocycles. The number of aryl methyl sites for hydroxylation is 1. The molecular formula is C22H30N4O3.